The zero-order chi connectivity index (χ0) is 19.6. The second-order valence-electron chi connectivity index (χ2n) is 5.09. The van der Waals surface area contributed by atoms with Gasteiger partial charge in [0.25, 0.3) is 5.43 Å². The van der Waals surface area contributed by atoms with Crippen LogP contribution < -0.4 is 20.0 Å². The van der Waals surface area contributed by atoms with Crippen LogP contribution in [0.15, 0.2) is 27.5 Å². The lowest BCUT2D eigenvalue weighted by Gasteiger charge is -2.19. The lowest BCUT2D eigenvalue weighted by Crippen LogP contribution is -2.51. The van der Waals surface area contributed by atoms with E-state index in [1.807, 2.05) is 0 Å². The van der Waals surface area contributed by atoms with Crippen LogP contribution in [0.3, 0.4) is 0 Å². The SMILES string of the molecule is COC(=O)Oc1cccc2c(=O)c(N(C(C)=O)[C@@H](C)C(=O)O)[n+]([O-])oc12. The van der Waals surface area contributed by atoms with Gasteiger partial charge in [-0.2, -0.15) is 4.90 Å². The Bertz CT molecular complexity index is 950. The minimum Gasteiger partial charge on any atom is -0.478 e. The molecule has 2 rings (SSSR count). The molecule has 0 unspecified atom stereocenters. The monoisotopic (exact) mass is 366 g/mol. The van der Waals surface area contributed by atoms with E-state index in [-0.39, 0.29) is 21.6 Å². The summed E-state index contributed by atoms with van der Waals surface area (Å²) in [4.78, 5) is 47.2. The van der Waals surface area contributed by atoms with Crippen LogP contribution in [0.4, 0.5) is 10.6 Å². The first-order valence-corrected chi connectivity index (χ1v) is 7.17. The van der Waals surface area contributed by atoms with E-state index < -0.39 is 35.3 Å². The molecule has 1 N–H and O–H groups in total. The average molecular weight is 366 g/mol. The molecule has 1 heterocycles. The summed E-state index contributed by atoms with van der Waals surface area (Å²) in [6.45, 7) is 2.13. The van der Waals surface area contributed by atoms with Crippen molar-refractivity contribution in [3.05, 3.63) is 33.6 Å². The van der Waals surface area contributed by atoms with Crippen molar-refractivity contribution in [2.45, 2.75) is 19.9 Å². The first-order chi connectivity index (χ1) is 12.2. The van der Waals surface area contributed by atoms with Crippen molar-refractivity contribution in [3.8, 4) is 5.75 Å². The minimum absolute atomic E-state index is 0.197. The number of fused-ring (bicyclic) bond motifs is 1. The molecule has 2 aromatic rings. The number of aromatic nitrogens is 1. The number of carbonyl (C=O) groups is 3. The third-order valence-electron chi connectivity index (χ3n) is 3.45. The molecule has 0 aliphatic rings. The molecule has 0 saturated carbocycles. The van der Waals surface area contributed by atoms with E-state index in [0.717, 1.165) is 21.0 Å². The number of anilines is 1. The molecule has 1 aromatic heterocycles. The molecular weight excluding hydrogens is 352 g/mol. The van der Waals surface area contributed by atoms with Gasteiger partial charge in [-0.15, -0.1) is 0 Å². The lowest BCUT2D eigenvalue weighted by atomic mass is 10.2. The largest absolute Gasteiger partial charge is 0.513 e. The highest BCUT2D eigenvalue weighted by molar-refractivity contribution is 5.97. The molecule has 0 aliphatic heterocycles. The van der Waals surface area contributed by atoms with Crippen LogP contribution >= 0.6 is 0 Å². The number of aliphatic carboxylic acids is 1. The maximum absolute atomic E-state index is 12.7. The Labute approximate surface area is 145 Å². The standard InChI is InChI=1S/C15H14N2O9/c1-7(14(20)21)16(8(2)18)13-11(19)9-5-4-6-10(25-15(22)24-3)12(9)26-17(13)23/h4-7H,1-3H3,(H,20,21)/t7-/m0/s1. The van der Waals surface area contributed by atoms with Crippen LogP contribution in [0, 0.1) is 5.21 Å². The molecule has 0 bridgehead atoms. The summed E-state index contributed by atoms with van der Waals surface area (Å²) >= 11 is 0. The third-order valence-corrected chi connectivity index (χ3v) is 3.45. The molecule has 0 fully saturated rings. The van der Waals surface area contributed by atoms with Crippen molar-refractivity contribution < 1.29 is 38.4 Å². The molecule has 0 aliphatic carbocycles. The van der Waals surface area contributed by atoms with Gasteiger partial charge in [0.1, 0.15) is 5.58 Å². The van der Waals surface area contributed by atoms with Gasteiger partial charge in [-0.1, -0.05) is 6.07 Å². The summed E-state index contributed by atoms with van der Waals surface area (Å²) in [7, 11) is 1.06. The van der Waals surface area contributed by atoms with E-state index in [2.05, 4.69) is 4.74 Å². The van der Waals surface area contributed by atoms with E-state index in [1.54, 1.807) is 0 Å². The number of carboxylic acid groups (broad SMARTS) is 1. The van der Waals surface area contributed by atoms with Crippen molar-refractivity contribution in [3.63, 3.8) is 0 Å². The molecule has 0 saturated heterocycles. The Hall–Kier alpha value is -3.63. The van der Waals surface area contributed by atoms with E-state index >= 15 is 0 Å². The van der Waals surface area contributed by atoms with Crippen molar-refractivity contribution in [2.24, 2.45) is 0 Å². The van der Waals surface area contributed by atoms with Gasteiger partial charge in [-0.05, 0) is 24.0 Å². The minimum atomic E-state index is -1.50. The predicted molar refractivity (Wildman–Crippen MR) is 84.7 cm³/mol. The first-order valence-electron chi connectivity index (χ1n) is 7.17. The number of benzene rings is 1. The van der Waals surface area contributed by atoms with Crippen molar-refractivity contribution in [1.82, 2.24) is 0 Å². The zero-order valence-electron chi connectivity index (χ0n) is 13.9. The number of rotatable bonds is 4. The van der Waals surface area contributed by atoms with Gasteiger partial charge in [-0.25, -0.2) is 14.4 Å². The highest BCUT2D eigenvalue weighted by atomic mass is 16.7. The summed E-state index contributed by atoms with van der Waals surface area (Å²) in [6.07, 6.45) is -1.11. The Morgan fingerprint density at radius 1 is 1.35 bits per heavy atom. The number of methoxy groups -OCH3 is 1. The van der Waals surface area contributed by atoms with Crippen molar-refractivity contribution in [2.75, 3.05) is 12.0 Å². The summed E-state index contributed by atoms with van der Waals surface area (Å²) in [5.74, 6) is -3.36. The summed E-state index contributed by atoms with van der Waals surface area (Å²) < 4.78 is 14.1. The van der Waals surface area contributed by atoms with Crippen LogP contribution in [0.5, 0.6) is 5.75 Å². The zero-order valence-corrected chi connectivity index (χ0v) is 13.9. The summed E-state index contributed by atoms with van der Waals surface area (Å²) in [5, 5.41) is 21.1. The lowest BCUT2D eigenvalue weighted by molar-refractivity contribution is -0.782. The van der Waals surface area contributed by atoms with Crippen LogP contribution in [-0.2, 0) is 14.3 Å². The van der Waals surface area contributed by atoms with E-state index in [4.69, 9.17) is 14.4 Å². The number of amides is 1. The number of carboxylic acids is 1. The van der Waals surface area contributed by atoms with Gasteiger partial charge in [0.2, 0.25) is 0 Å². The maximum Gasteiger partial charge on any atom is 0.513 e. The topological polar surface area (TPSA) is 150 Å². The van der Waals surface area contributed by atoms with Crippen LogP contribution in [0.1, 0.15) is 13.8 Å². The van der Waals surface area contributed by atoms with E-state index in [0.29, 0.717) is 4.90 Å². The van der Waals surface area contributed by atoms with Crippen LogP contribution in [0.2, 0.25) is 0 Å². The number of nitrogens with zero attached hydrogens (tertiary/aromatic N) is 2. The number of para-hydroxylation sites is 1. The second kappa shape index (κ2) is 7.09. The Kier molecular flexibility index (Phi) is 5.10. The van der Waals surface area contributed by atoms with Crippen molar-refractivity contribution >= 4 is 34.8 Å². The molecule has 0 radical (unpaired) electrons. The van der Waals surface area contributed by atoms with Crippen LogP contribution in [0.25, 0.3) is 11.0 Å². The van der Waals surface area contributed by atoms with Gasteiger partial charge in [-0.3, -0.25) is 4.79 Å². The van der Waals surface area contributed by atoms with E-state index in [9.17, 15) is 24.4 Å². The fourth-order valence-corrected chi connectivity index (χ4v) is 2.24. The highest BCUT2D eigenvalue weighted by Gasteiger charge is 2.37. The third kappa shape index (κ3) is 3.27. The molecule has 138 valence electrons. The molecular formula is C15H14N2O9. The number of hydrogen-bond donors (Lipinski definition) is 1. The number of hydrogen-bond acceptors (Lipinski definition) is 8. The summed E-state index contributed by atoms with van der Waals surface area (Å²) in [6, 6.07) is 2.36. The molecule has 1 atom stereocenters. The number of carbonyl (C=O) groups excluding carboxylic acids is 2. The van der Waals surface area contributed by atoms with Gasteiger partial charge in [0, 0.05) is 6.92 Å². The highest BCUT2D eigenvalue weighted by Crippen LogP contribution is 2.24. The van der Waals surface area contributed by atoms with Gasteiger partial charge in [0.05, 0.1) is 12.5 Å². The van der Waals surface area contributed by atoms with Crippen molar-refractivity contribution in [1.29, 1.82) is 0 Å². The Morgan fingerprint density at radius 3 is 2.54 bits per heavy atom. The van der Waals surface area contributed by atoms with Gasteiger partial charge in [0.15, 0.2) is 11.8 Å². The van der Waals surface area contributed by atoms with Crippen LogP contribution in [-0.4, -0.2) is 36.3 Å². The Morgan fingerprint density at radius 2 is 2.00 bits per heavy atom. The van der Waals surface area contributed by atoms with E-state index in [1.165, 1.54) is 18.2 Å². The quantitative estimate of drug-likeness (QED) is 0.460. The second-order valence-corrected chi connectivity index (χ2v) is 5.09. The first kappa shape index (κ1) is 18.7. The predicted octanol–water partition coefficient (Wildman–Crippen LogP) is 0.398. The molecule has 1 aromatic carbocycles. The fraction of sp³-hybridized carbons (Fsp3) is 0.267. The molecule has 11 heteroatoms. The normalized spacial score (nSPS) is 11.7. The van der Waals surface area contributed by atoms with Gasteiger partial charge < -0.3 is 24.3 Å². The molecule has 0 spiro atoms. The fourth-order valence-electron chi connectivity index (χ4n) is 2.24. The number of ether oxygens (including phenoxy) is 2. The molecule has 11 nitrogen and oxygen atoms in total. The molecule has 1 amide bonds. The maximum atomic E-state index is 12.7. The smallest absolute Gasteiger partial charge is 0.478 e. The van der Waals surface area contributed by atoms with Gasteiger partial charge >= 0.3 is 23.8 Å². The Balaban J connectivity index is 2.75. The molecule has 26 heavy (non-hydrogen) atoms. The average Bonchev–Trinajstić information content (AvgIpc) is 2.58. The summed E-state index contributed by atoms with van der Waals surface area (Å²) in [5.41, 5.74) is -1.34.